The van der Waals surface area contributed by atoms with Crippen LogP contribution in [-0.4, -0.2) is 8.34 Å². The lowest BCUT2D eigenvalue weighted by atomic mass is 10.0. The summed E-state index contributed by atoms with van der Waals surface area (Å²) in [6.07, 6.45) is 15.5. The number of rotatable bonds is 14. The summed E-state index contributed by atoms with van der Waals surface area (Å²) in [4.78, 5) is 0. The summed E-state index contributed by atoms with van der Waals surface area (Å²) in [5, 5.41) is 10.3. The van der Waals surface area contributed by atoms with Gasteiger partial charge in [-0.05, 0) is 44.3 Å². The van der Waals surface area contributed by atoms with E-state index < -0.39 is 6.47 Å². The molecule has 0 aromatic heterocycles. The SMILES string of the molecule is CCCCCCCCCCCCCC(Br)(Br)C(Br)(Br)c1c(Br)cc(Br)c(O)c1Br. The van der Waals surface area contributed by atoms with Crippen molar-refractivity contribution in [1.82, 2.24) is 0 Å². The van der Waals surface area contributed by atoms with Gasteiger partial charge in [0.05, 0.1) is 8.95 Å². The van der Waals surface area contributed by atoms with E-state index in [0.717, 1.165) is 22.9 Å². The normalized spacial score (nSPS) is 12.6. The molecule has 0 amide bonds. The number of phenols is 1. The van der Waals surface area contributed by atoms with Crippen LogP contribution in [0.2, 0.25) is 0 Å². The Bertz CT molecular complexity index is 632. The van der Waals surface area contributed by atoms with Crippen molar-refractivity contribution in [1.29, 1.82) is 0 Å². The minimum atomic E-state index is -0.624. The third kappa shape index (κ3) is 9.27. The fourth-order valence-electron chi connectivity index (χ4n) is 3.22. The Hall–Kier alpha value is 2.38. The van der Waals surface area contributed by atoms with Gasteiger partial charge in [0.25, 0.3) is 0 Å². The Morgan fingerprint density at radius 1 is 0.724 bits per heavy atom. The molecule has 1 aromatic carbocycles. The molecule has 0 radical (unpaired) electrons. The zero-order valence-corrected chi connectivity index (χ0v) is 27.8. The molecule has 29 heavy (non-hydrogen) atoms. The van der Waals surface area contributed by atoms with E-state index in [9.17, 15) is 5.11 Å². The van der Waals surface area contributed by atoms with Crippen molar-refractivity contribution in [2.24, 2.45) is 0 Å². The van der Waals surface area contributed by atoms with Gasteiger partial charge in [-0.25, -0.2) is 0 Å². The molecule has 1 N–H and O–H groups in total. The molecule has 0 atom stereocenters. The van der Waals surface area contributed by atoms with Crippen molar-refractivity contribution in [3.8, 4) is 5.75 Å². The minimum absolute atomic E-state index is 0.178. The Morgan fingerprint density at radius 3 is 1.66 bits per heavy atom. The lowest BCUT2D eigenvalue weighted by Crippen LogP contribution is -2.32. The number of aromatic hydroxyl groups is 1. The number of hydrogen-bond acceptors (Lipinski definition) is 1. The molecular formula is C21H29Br7O. The van der Waals surface area contributed by atoms with Gasteiger partial charge in [-0.2, -0.15) is 0 Å². The second kappa shape index (κ2) is 14.6. The molecule has 1 rings (SSSR count). The summed E-state index contributed by atoms with van der Waals surface area (Å²) >= 11 is 25.9. The highest BCUT2D eigenvalue weighted by Gasteiger charge is 2.48. The van der Waals surface area contributed by atoms with Crippen molar-refractivity contribution in [2.75, 3.05) is 0 Å². The quantitative estimate of drug-likeness (QED) is 0.146. The second-order valence-electron chi connectivity index (χ2n) is 7.44. The zero-order valence-electron chi connectivity index (χ0n) is 16.7. The number of halogens is 7. The number of hydrogen-bond donors (Lipinski definition) is 1. The van der Waals surface area contributed by atoms with Crippen LogP contribution < -0.4 is 0 Å². The fraction of sp³-hybridized carbons (Fsp3) is 0.714. The molecule has 8 heteroatoms. The predicted molar refractivity (Wildman–Crippen MR) is 152 cm³/mol. The van der Waals surface area contributed by atoms with Gasteiger partial charge >= 0.3 is 0 Å². The fourth-order valence-corrected chi connectivity index (χ4v) is 9.18. The van der Waals surface area contributed by atoms with Crippen LogP contribution in [0.1, 0.15) is 89.5 Å². The third-order valence-corrected chi connectivity index (χ3v) is 13.3. The third-order valence-electron chi connectivity index (χ3n) is 5.01. The molecule has 0 unspecified atom stereocenters. The lowest BCUT2D eigenvalue weighted by molar-refractivity contribution is 0.466. The summed E-state index contributed by atoms with van der Waals surface area (Å²) in [6.45, 7) is 2.27. The summed E-state index contributed by atoms with van der Waals surface area (Å²) in [7, 11) is 0. The Morgan fingerprint density at radius 2 is 1.17 bits per heavy atom. The van der Waals surface area contributed by atoms with E-state index in [1.807, 2.05) is 6.07 Å². The van der Waals surface area contributed by atoms with E-state index in [4.69, 9.17) is 0 Å². The number of unbranched alkanes of at least 4 members (excludes halogenated alkanes) is 10. The first-order chi connectivity index (χ1) is 13.6. The summed E-state index contributed by atoms with van der Waals surface area (Å²) in [5.74, 6) is 0.178. The molecule has 0 bridgehead atoms. The molecule has 0 saturated heterocycles. The van der Waals surface area contributed by atoms with Crippen molar-refractivity contribution in [2.45, 2.75) is 90.4 Å². The molecule has 0 aliphatic carbocycles. The highest BCUT2D eigenvalue weighted by atomic mass is 79.9. The van der Waals surface area contributed by atoms with Crippen LogP contribution in [0.4, 0.5) is 0 Å². The standard InChI is InChI=1S/C21H29Br7O/c1-2-3-4-5-6-7-8-9-10-11-12-13-20(25,26)21(27,28)17-15(22)14-16(23)19(29)18(17)24/h14,29H,2-13H2,1H3. The molecule has 1 nitrogen and oxygen atoms in total. The molecular weight excluding hydrogens is 828 g/mol. The Balaban J connectivity index is 2.47. The molecule has 0 saturated carbocycles. The Labute approximate surface area is 235 Å². The maximum atomic E-state index is 10.3. The molecule has 1 aromatic rings. The molecule has 0 fully saturated rings. The smallest absolute Gasteiger partial charge is 0.144 e. The molecule has 0 spiro atoms. The first-order valence-corrected chi connectivity index (χ1v) is 15.7. The van der Waals surface area contributed by atoms with E-state index >= 15 is 0 Å². The maximum absolute atomic E-state index is 10.3. The first kappa shape index (κ1) is 29.4. The minimum Gasteiger partial charge on any atom is -0.506 e. The van der Waals surface area contributed by atoms with Gasteiger partial charge in [-0.15, -0.1) is 0 Å². The summed E-state index contributed by atoms with van der Waals surface area (Å²) < 4.78 is 1.11. The Kier molecular flexibility index (Phi) is 14.8. The van der Waals surface area contributed by atoms with Crippen LogP contribution in [-0.2, 0) is 3.23 Å². The van der Waals surface area contributed by atoms with E-state index in [1.165, 1.54) is 64.2 Å². The van der Waals surface area contributed by atoms with E-state index in [2.05, 4.69) is 118 Å². The van der Waals surface area contributed by atoms with Crippen LogP contribution in [0.5, 0.6) is 5.75 Å². The molecule has 0 heterocycles. The van der Waals surface area contributed by atoms with Gasteiger partial charge in [0.15, 0.2) is 0 Å². The van der Waals surface area contributed by atoms with Gasteiger partial charge in [0.2, 0.25) is 0 Å². The number of benzene rings is 1. The topological polar surface area (TPSA) is 20.2 Å². The highest BCUT2D eigenvalue weighted by Crippen LogP contribution is 2.61. The van der Waals surface area contributed by atoms with Gasteiger partial charge in [0, 0.05) is 10.0 Å². The largest absolute Gasteiger partial charge is 0.506 e. The van der Waals surface area contributed by atoms with Gasteiger partial charge in [-0.1, -0.05) is 157 Å². The monoisotopic (exact) mass is 850 g/mol. The summed E-state index contributed by atoms with van der Waals surface area (Å²) in [6, 6.07) is 1.85. The van der Waals surface area contributed by atoms with Crippen LogP contribution in [0.3, 0.4) is 0 Å². The van der Waals surface area contributed by atoms with Crippen molar-refractivity contribution >= 4 is 112 Å². The van der Waals surface area contributed by atoms with Crippen LogP contribution in [0.25, 0.3) is 0 Å². The van der Waals surface area contributed by atoms with Crippen LogP contribution >= 0.6 is 112 Å². The maximum Gasteiger partial charge on any atom is 0.144 e. The van der Waals surface area contributed by atoms with Crippen molar-refractivity contribution in [3.05, 3.63) is 25.0 Å². The van der Waals surface area contributed by atoms with Crippen molar-refractivity contribution in [3.63, 3.8) is 0 Å². The van der Waals surface area contributed by atoms with Gasteiger partial charge in [-0.3, -0.25) is 0 Å². The predicted octanol–water partition coefficient (Wildman–Crippen LogP) is 11.8. The zero-order chi connectivity index (χ0) is 22.1. The number of phenolic OH excluding ortho intramolecular Hbond substituents is 1. The summed E-state index contributed by atoms with van der Waals surface area (Å²) in [5.41, 5.74) is 0.884. The van der Waals surface area contributed by atoms with Crippen LogP contribution in [0, 0.1) is 0 Å². The molecule has 0 aliphatic heterocycles. The second-order valence-corrected chi connectivity index (χ2v) is 17.2. The molecule has 168 valence electrons. The van der Waals surface area contributed by atoms with E-state index in [0.29, 0.717) is 8.95 Å². The highest BCUT2D eigenvalue weighted by molar-refractivity contribution is 9.30. The van der Waals surface area contributed by atoms with E-state index in [-0.39, 0.29) is 5.75 Å². The lowest BCUT2D eigenvalue weighted by Gasteiger charge is -2.36. The van der Waals surface area contributed by atoms with Crippen LogP contribution in [0.15, 0.2) is 19.5 Å². The van der Waals surface area contributed by atoms with E-state index in [1.54, 1.807) is 0 Å². The van der Waals surface area contributed by atoms with Gasteiger partial charge in [0.1, 0.15) is 12.2 Å². The molecule has 0 aliphatic rings. The van der Waals surface area contributed by atoms with Crippen molar-refractivity contribution < 1.29 is 5.11 Å². The first-order valence-electron chi connectivity index (χ1n) is 10.2. The number of alkyl halides is 4. The average Bonchev–Trinajstić information content (AvgIpc) is 2.64. The average molecular weight is 857 g/mol. The van der Waals surface area contributed by atoms with Gasteiger partial charge < -0.3 is 5.11 Å².